The van der Waals surface area contributed by atoms with E-state index in [0.29, 0.717) is 11.3 Å². The minimum atomic E-state index is -1.15. The minimum absolute atomic E-state index is 0.0159. The van der Waals surface area contributed by atoms with Crippen LogP contribution in [-0.4, -0.2) is 29.1 Å². The molecule has 1 aliphatic rings. The van der Waals surface area contributed by atoms with Gasteiger partial charge >= 0.3 is 6.03 Å². The van der Waals surface area contributed by atoms with Gasteiger partial charge in [-0.15, -0.1) is 0 Å². The SMILES string of the molecule is CC(C)CN(C(=O)Nc1ccc(F)c(C#N)c1)[C@@H]1COCc2[nH]c(=O)c3cc(F)c(F)cc3c21. The molecular weight excluding hydrogens is 449 g/mol. The minimum Gasteiger partial charge on any atom is -0.373 e. The molecule has 4 rings (SSSR count). The van der Waals surface area contributed by atoms with Crippen molar-refractivity contribution < 1.29 is 22.7 Å². The molecule has 0 radical (unpaired) electrons. The first-order valence-electron chi connectivity index (χ1n) is 10.6. The zero-order valence-corrected chi connectivity index (χ0v) is 18.4. The highest BCUT2D eigenvalue weighted by Crippen LogP contribution is 2.35. The molecule has 1 aliphatic heterocycles. The third kappa shape index (κ3) is 4.34. The summed E-state index contributed by atoms with van der Waals surface area (Å²) in [5, 5.41) is 11.9. The van der Waals surface area contributed by atoms with Gasteiger partial charge in [-0.1, -0.05) is 13.8 Å². The summed E-state index contributed by atoms with van der Waals surface area (Å²) in [5.74, 6) is -2.95. The van der Waals surface area contributed by atoms with Crippen molar-refractivity contribution >= 4 is 22.5 Å². The van der Waals surface area contributed by atoms with E-state index < -0.39 is 35.1 Å². The molecule has 0 spiro atoms. The van der Waals surface area contributed by atoms with Gasteiger partial charge in [-0.2, -0.15) is 5.26 Å². The molecule has 0 unspecified atom stereocenters. The Labute approximate surface area is 192 Å². The predicted molar refractivity (Wildman–Crippen MR) is 119 cm³/mol. The lowest BCUT2D eigenvalue weighted by Crippen LogP contribution is -2.44. The van der Waals surface area contributed by atoms with Gasteiger partial charge in [-0.25, -0.2) is 18.0 Å². The summed E-state index contributed by atoms with van der Waals surface area (Å²) in [5.41, 5.74) is 0.239. The van der Waals surface area contributed by atoms with Crippen LogP contribution in [0.3, 0.4) is 0 Å². The van der Waals surface area contributed by atoms with Gasteiger partial charge in [0, 0.05) is 23.5 Å². The topological polar surface area (TPSA) is 98.2 Å². The Balaban J connectivity index is 1.80. The molecule has 2 aromatic carbocycles. The van der Waals surface area contributed by atoms with E-state index in [9.17, 15) is 22.8 Å². The number of anilines is 1. The third-order valence-electron chi connectivity index (χ3n) is 5.58. The number of hydrogen-bond donors (Lipinski definition) is 2. The van der Waals surface area contributed by atoms with Gasteiger partial charge in [-0.3, -0.25) is 4.79 Å². The lowest BCUT2D eigenvalue weighted by molar-refractivity contribution is 0.0425. The van der Waals surface area contributed by atoms with Crippen molar-refractivity contribution in [3.8, 4) is 6.07 Å². The van der Waals surface area contributed by atoms with Crippen LogP contribution in [0.25, 0.3) is 10.8 Å². The summed E-state index contributed by atoms with van der Waals surface area (Å²) < 4.78 is 47.4. The smallest absolute Gasteiger partial charge is 0.322 e. The van der Waals surface area contributed by atoms with E-state index in [2.05, 4.69) is 10.3 Å². The number of rotatable bonds is 4. The number of fused-ring (bicyclic) bond motifs is 3. The molecule has 2 amide bonds. The summed E-state index contributed by atoms with van der Waals surface area (Å²) in [4.78, 5) is 30.0. The van der Waals surface area contributed by atoms with E-state index in [4.69, 9.17) is 10.00 Å². The van der Waals surface area contributed by atoms with E-state index in [0.717, 1.165) is 18.2 Å². The Morgan fingerprint density at radius 3 is 2.59 bits per heavy atom. The Kier molecular flexibility index (Phi) is 6.30. The summed E-state index contributed by atoms with van der Waals surface area (Å²) in [6.07, 6.45) is 0. The molecule has 0 saturated heterocycles. The average molecular weight is 470 g/mol. The maximum atomic E-state index is 14.2. The van der Waals surface area contributed by atoms with Crippen LogP contribution in [0.15, 0.2) is 35.1 Å². The van der Waals surface area contributed by atoms with Crippen LogP contribution in [0.1, 0.15) is 36.7 Å². The molecule has 0 aliphatic carbocycles. The quantitative estimate of drug-likeness (QED) is 0.583. The predicted octanol–water partition coefficient (Wildman–Crippen LogP) is 4.58. The fourth-order valence-corrected chi connectivity index (χ4v) is 4.12. The van der Waals surface area contributed by atoms with Crippen LogP contribution < -0.4 is 10.9 Å². The second-order valence-electron chi connectivity index (χ2n) is 8.47. The fraction of sp³-hybridized carbons (Fsp3) is 0.292. The number of carbonyl (C=O) groups excluding carboxylic acids is 1. The number of amides is 2. The molecule has 1 atom stereocenters. The molecule has 1 aromatic heterocycles. The second-order valence-corrected chi connectivity index (χ2v) is 8.47. The fourth-order valence-electron chi connectivity index (χ4n) is 4.12. The highest BCUT2D eigenvalue weighted by Gasteiger charge is 2.33. The monoisotopic (exact) mass is 470 g/mol. The number of carbonyl (C=O) groups is 1. The Morgan fingerprint density at radius 1 is 1.21 bits per heavy atom. The average Bonchev–Trinajstić information content (AvgIpc) is 2.79. The molecule has 0 fully saturated rings. The van der Waals surface area contributed by atoms with Gasteiger partial charge in [0.05, 0.1) is 30.2 Å². The van der Waals surface area contributed by atoms with Gasteiger partial charge in [0.15, 0.2) is 11.6 Å². The van der Waals surface area contributed by atoms with Crippen molar-refractivity contribution in [1.29, 1.82) is 5.26 Å². The Morgan fingerprint density at radius 2 is 1.91 bits per heavy atom. The van der Waals surface area contributed by atoms with Crippen molar-refractivity contribution in [2.45, 2.75) is 26.5 Å². The number of nitrogens with zero attached hydrogens (tertiary/aromatic N) is 2. The van der Waals surface area contributed by atoms with Gasteiger partial charge in [0.2, 0.25) is 0 Å². The molecule has 3 aromatic rings. The molecule has 10 heteroatoms. The van der Waals surface area contributed by atoms with Crippen molar-refractivity contribution in [3.63, 3.8) is 0 Å². The van der Waals surface area contributed by atoms with Crippen LogP contribution in [-0.2, 0) is 11.3 Å². The summed E-state index contributed by atoms with van der Waals surface area (Å²) >= 11 is 0. The Hall–Kier alpha value is -3.84. The lowest BCUT2D eigenvalue weighted by Gasteiger charge is -2.37. The Bertz CT molecular complexity index is 1380. The van der Waals surface area contributed by atoms with Gasteiger partial charge in [-0.05, 0) is 41.6 Å². The first-order chi connectivity index (χ1) is 16.2. The number of pyridine rings is 1. The van der Waals surface area contributed by atoms with Crippen LogP contribution in [0.5, 0.6) is 0 Å². The number of hydrogen-bond acceptors (Lipinski definition) is 4. The van der Waals surface area contributed by atoms with E-state index in [-0.39, 0.29) is 47.7 Å². The number of benzene rings is 2. The maximum Gasteiger partial charge on any atom is 0.322 e. The molecule has 7 nitrogen and oxygen atoms in total. The first kappa shape index (κ1) is 23.3. The van der Waals surface area contributed by atoms with Gasteiger partial charge in [0.25, 0.3) is 5.56 Å². The van der Waals surface area contributed by atoms with Crippen LogP contribution >= 0.6 is 0 Å². The van der Waals surface area contributed by atoms with Gasteiger partial charge < -0.3 is 19.9 Å². The lowest BCUT2D eigenvalue weighted by atomic mass is 9.94. The zero-order valence-electron chi connectivity index (χ0n) is 18.4. The number of ether oxygens (including phenoxy) is 1. The van der Waals surface area contributed by atoms with E-state index in [1.807, 2.05) is 13.8 Å². The normalized spacial score (nSPS) is 15.1. The standard InChI is InChI=1S/C24H21F3N4O3/c1-12(2)9-31(24(33)29-14-3-4-17(25)13(5-14)8-28)21-11-34-10-20-22(21)15-6-18(26)19(27)7-16(15)23(32)30-20/h3-7,12,21H,9-11H2,1-2H3,(H,29,33)(H,30,32)/t21-/m1/s1. The van der Waals surface area contributed by atoms with E-state index >= 15 is 0 Å². The number of halogens is 3. The van der Waals surface area contributed by atoms with Crippen LogP contribution in [0, 0.1) is 34.7 Å². The zero-order chi connectivity index (χ0) is 24.6. The molecule has 176 valence electrons. The first-order valence-corrected chi connectivity index (χ1v) is 10.6. The molecule has 2 N–H and O–H groups in total. The van der Waals surface area contributed by atoms with Crippen LogP contribution in [0.4, 0.5) is 23.7 Å². The highest BCUT2D eigenvalue weighted by molar-refractivity contribution is 5.91. The number of nitriles is 1. The van der Waals surface area contributed by atoms with Crippen molar-refractivity contribution in [1.82, 2.24) is 9.88 Å². The van der Waals surface area contributed by atoms with Crippen molar-refractivity contribution in [3.05, 3.63) is 75.0 Å². The number of aromatic amines is 1. The summed E-state index contributed by atoms with van der Waals surface area (Å²) in [7, 11) is 0. The number of urea groups is 1. The second kappa shape index (κ2) is 9.19. The molecule has 2 heterocycles. The van der Waals surface area contributed by atoms with Gasteiger partial charge in [0.1, 0.15) is 11.9 Å². The molecule has 34 heavy (non-hydrogen) atoms. The molecular formula is C24H21F3N4O3. The largest absolute Gasteiger partial charge is 0.373 e. The van der Waals surface area contributed by atoms with Crippen molar-refractivity contribution in [2.75, 3.05) is 18.5 Å². The molecule has 0 saturated carbocycles. The summed E-state index contributed by atoms with van der Waals surface area (Å²) in [6.45, 7) is 4.15. The highest BCUT2D eigenvalue weighted by atomic mass is 19.2. The van der Waals surface area contributed by atoms with E-state index in [1.54, 1.807) is 6.07 Å². The number of nitrogens with one attached hydrogen (secondary N) is 2. The van der Waals surface area contributed by atoms with Crippen LogP contribution in [0.2, 0.25) is 0 Å². The number of aromatic nitrogens is 1. The number of H-pyrrole nitrogens is 1. The third-order valence-corrected chi connectivity index (χ3v) is 5.58. The van der Waals surface area contributed by atoms with Crippen molar-refractivity contribution in [2.24, 2.45) is 5.92 Å². The van der Waals surface area contributed by atoms with E-state index in [1.165, 1.54) is 17.0 Å². The summed E-state index contributed by atoms with van der Waals surface area (Å²) in [6, 6.07) is 5.86. The molecule has 0 bridgehead atoms. The maximum absolute atomic E-state index is 14.2.